The number of fused-ring (bicyclic) bond motifs is 1. The van der Waals surface area contributed by atoms with Gasteiger partial charge in [0.25, 0.3) is 5.56 Å². The van der Waals surface area contributed by atoms with Crippen molar-refractivity contribution < 1.29 is 10.2 Å². The summed E-state index contributed by atoms with van der Waals surface area (Å²) in [4.78, 5) is 22.7. The van der Waals surface area contributed by atoms with Crippen LogP contribution < -0.4 is 11.3 Å². The molecule has 0 aliphatic rings. The third-order valence-electron chi connectivity index (χ3n) is 2.71. The maximum Gasteiger partial charge on any atom is 0.287 e. The first-order valence-electron chi connectivity index (χ1n) is 5.32. The number of nitrogens with two attached hydrogens (primary N) is 1. The normalized spacial score (nSPS) is 10.9. The van der Waals surface area contributed by atoms with E-state index in [-0.39, 0.29) is 28.5 Å². The monoisotopic (exact) mass is 259 g/mol. The number of aromatic amines is 1. The van der Waals surface area contributed by atoms with Crippen LogP contribution in [0.1, 0.15) is 0 Å². The average Bonchev–Trinajstić information content (AvgIpc) is 2.82. The van der Waals surface area contributed by atoms with Crippen LogP contribution in [0.2, 0.25) is 0 Å². The Morgan fingerprint density at radius 3 is 2.89 bits per heavy atom. The van der Waals surface area contributed by atoms with E-state index in [0.29, 0.717) is 0 Å². The number of rotatable bonds is 1. The van der Waals surface area contributed by atoms with Gasteiger partial charge in [-0.15, -0.1) is 0 Å². The minimum absolute atomic E-state index is 0.0416. The molecule has 0 unspecified atom stereocenters. The topological polar surface area (TPSA) is 130 Å². The zero-order valence-electron chi connectivity index (χ0n) is 9.53. The summed E-state index contributed by atoms with van der Waals surface area (Å²) in [5, 5.41) is 19.3. The summed E-state index contributed by atoms with van der Waals surface area (Å²) in [6.45, 7) is 0. The summed E-state index contributed by atoms with van der Waals surface area (Å²) in [5.41, 5.74) is 5.57. The second-order valence-electron chi connectivity index (χ2n) is 3.86. The Kier molecular flexibility index (Phi) is 2.18. The number of phenols is 2. The lowest BCUT2D eigenvalue weighted by molar-refractivity contribution is 0.402. The highest BCUT2D eigenvalue weighted by molar-refractivity contribution is 5.71. The van der Waals surface area contributed by atoms with Crippen LogP contribution in [0.3, 0.4) is 0 Å². The Balaban J connectivity index is 2.42. The Hall–Kier alpha value is -3.03. The number of hydrogen-bond donors (Lipinski definition) is 4. The molecule has 19 heavy (non-hydrogen) atoms. The fourth-order valence-electron chi connectivity index (χ4n) is 1.84. The molecule has 0 aliphatic heterocycles. The highest BCUT2D eigenvalue weighted by Crippen LogP contribution is 2.31. The summed E-state index contributed by atoms with van der Waals surface area (Å²) in [7, 11) is 0. The van der Waals surface area contributed by atoms with Gasteiger partial charge in [-0.3, -0.25) is 4.79 Å². The van der Waals surface area contributed by atoms with Gasteiger partial charge in [0, 0.05) is 0 Å². The quantitative estimate of drug-likeness (QED) is 0.458. The van der Waals surface area contributed by atoms with Crippen LogP contribution in [0, 0.1) is 0 Å². The molecule has 0 aliphatic carbocycles. The van der Waals surface area contributed by atoms with Crippen molar-refractivity contribution in [2.45, 2.75) is 0 Å². The number of nitrogen functional groups attached to an aromatic ring is 1. The largest absolute Gasteiger partial charge is 0.504 e. The fraction of sp³-hybridized carbons (Fsp3) is 0. The van der Waals surface area contributed by atoms with E-state index in [1.807, 2.05) is 0 Å². The van der Waals surface area contributed by atoms with Gasteiger partial charge in [-0.05, 0) is 12.1 Å². The van der Waals surface area contributed by atoms with Crippen LogP contribution in [0.5, 0.6) is 11.5 Å². The number of nitrogens with zero attached hydrogens (tertiary/aromatic N) is 3. The standard InChI is InChI=1S/C11H9N5O3/c12-11-15-9-7(13-4-14-9)10(19)16(11)5-2-1-3-6(17)8(5)18/h1-4,17-18H,(H2,12,15)(H,13,14). The van der Waals surface area contributed by atoms with Gasteiger partial charge in [0.2, 0.25) is 5.95 Å². The lowest BCUT2D eigenvalue weighted by Crippen LogP contribution is -2.23. The molecule has 0 radical (unpaired) electrons. The molecule has 96 valence electrons. The van der Waals surface area contributed by atoms with Crippen LogP contribution >= 0.6 is 0 Å². The molecule has 0 bridgehead atoms. The van der Waals surface area contributed by atoms with Crippen molar-refractivity contribution in [2.75, 3.05) is 5.73 Å². The van der Waals surface area contributed by atoms with E-state index in [1.54, 1.807) is 0 Å². The van der Waals surface area contributed by atoms with E-state index >= 15 is 0 Å². The van der Waals surface area contributed by atoms with Crippen molar-refractivity contribution in [3.63, 3.8) is 0 Å². The van der Waals surface area contributed by atoms with Crippen LogP contribution in [0.25, 0.3) is 16.9 Å². The van der Waals surface area contributed by atoms with Crippen LogP contribution in [0.15, 0.2) is 29.3 Å². The van der Waals surface area contributed by atoms with Gasteiger partial charge in [0.1, 0.15) is 0 Å². The molecule has 5 N–H and O–H groups in total. The summed E-state index contributed by atoms with van der Waals surface area (Å²) in [6.07, 6.45) is 1.32. The van der Waals surface area contributed by atoms with E-state index in [9.17, 15) is 15.0 Å². The number of anilines is 1. The van der Waals surface area contributed by atoms with Crippen molar-refractivity contribution in [3.05, 3.63) is 34.9 Å². The molecule has 8 nitrogen and oxygen atoms in total. The molecule has 8 heteroatoms. The Morgan fingerprint density at radius 1 is 1.32 bits per heavy atom. The molecule has 2 heterocycles. The van der Waals surface area contributed by atoms with Crippen LogP contribution in [-0.4, -0.2) is 29.7 Å². The molecule has 0 fully saturated rings. The van der Waals surface area contributed by atoms with Gasteiger partial charge in [0.05, 0.1) is 12.0 Å². The number of aromatic hydroxyl groups is 2. The first-order valence-corrected chi connectivity index (χ1v) is 5.32. The molecule has 0 saturated heterocycles. The van der Waals surface area contributed by atoms with Crippen molar-refractivity contribution in [1.29, 1.82) is 0 Å². The number of benzene rings is 1. The minimum Gasteiger partial charge on any atom is -0.504 e. The summed E-state index contributed by atoms with van der Waals surface area (Å²) >= 11 is 0. The lowest BCUT2D eigenvalue weighted by atomic mass is 10.2. The van der Waals surface area contributed by atoms with E-state index in [1.165, 1.54) is 24.5 Å². The van der Waals surface area contributed by atoms with Gasteiger partial charge in [-0.2, -0.15) is 4.98 Å². The number of aromatic nitrogens is 4. The summed E-state index contributed by atoms with van der Waals surface area (Å²) < 4.78 is 0.984. The molecule has 3 rings (SSSR count). The zero-order chi connectivity index (χ0) is 13.6. The molecular weight excluding hydrogens is 250 g/mol. The van der Waals surface area contributed by atoms with Gasteiger partial charge in [0.15, 0.2) is 22.7 Å². The second-order valence-corrected chi connectivity index (χ2v) is 3.86. The first-order chi connectivity index (χ1) is 9.09. The Morgan fingerprint density at radius 2 is 2.11 bits per heavy atom. The third kappa shape index (κ3) is 1.50. The van der Waals surface area contributed by atoms with Crippen molar-refractivity contribution in [1.82, 2.24) is 19.5 Å². The second kappa shape index (κ2) is 3.73. The number of phenolic OH excluding ortho intramolecular Hbond substituents is 2. The Bertz CT molecular complexity index is 836. The lowest BCUT2D eigenvalue weighted by Gasteiger charge is -2.10. The molecule has 0 saturated carbocycles. The molecule has 2 aromatic heterocycles. The smallest absolute Gasteiger partial charge is 0.287 e. The molecule has 0 spiro atoms. The SMILES string of the molecule is Nc1nc2[nH]cnc2c(=O)n1-c1cccc(O)c1O. The highest BCUT2D eigenvalue weighted by atomic mass is 16.3. The fourth-order valence-corrected chi connectivity index (χ4v) is 1.84. The number of hydrogen-bond acceptors (Lipinski definition) is 6. The van der Waals surface area contributed by atoms with Gasteiger partial charge < -0.3 is 20.9 Å². The Labute approximate surface area is 105 Å². The maximum absolute atomic E-state index is 12.2. The van der Waals surface area contributed by atoms with Crippen molar-refractivity contribution >= 4 is 17.1 Å². The van der Waals surface area contributed by atoms with Gasteiger partial charge in [-0.25, -0.2) is 9.55 Å². The van der Waals surface area contributed by atoms with E-state index in [2.05, 4.69) is 15.0 Å². The average molecular weight is 259 g/mol. The molecule has 0 atom stereocenters. The van der Waals surface area contributed by atoms with Crippen LogP contribution in [-0.2, 0) is 0 Å². The number of imidazole rings is 1. The molecule has 0 amide bonds. The zero-order valence-corrected chi connectivity index (χ0v) is 9.53. The maximum atomic E-state index is 12.2. The number of H-pyrrole nitrogens is 1. The van der Waals surface area contributed by atoms with E-state index in [0.717, 1.165) is 4.57 Å². The summed E-state index contributed by atoms with van der Waals surface area (Å²) in [5.74, 6) is -0.929. The van der Waals surface area contributed by atoms with Crippen LogP contribution in [0.4, 0.5) is 5.95 Å². The number of para-hydroxylation sites is 1. The third-order valence-corrected chi connectivity index (χ3v) is 2.71. The summed E-state index contributed by atoms with van der Waals surface area (Å²) in [6, 6.07) is 4.21. The highest BCUT2D eigenvalue weighted by Gasteiger charge is 2.16. The molecule has 3 aromatic rings. The van der Waals surface area contributed by atoms with E-state index < -0.39 is 11.3 Å². The number of nitrogens with one attached hydrogen (secondary N) is 1. The molecular formula is C11H9N5O3. The van der Waals surface area contributed by atoms with Crippen molar-refractivity contribution in [2.24, 2.45) is 0 Å². The predicted octanol–water partition coefficient (Wildman–Crippen LogP) is 0.102. The van der Waals surface area contributed by atoms with Gasteiger partial charge in [-0.1, -0.05) is 6.07 Å². The van der Waals surface area contributed by atoms with E-state index in [4.69, 9.17) is 5.73 Å². The molecule has 1 aromatic carbocycles. The van der Waals surface area contributed by atoms with Crippen molar-refractivity contribution in [3.8, 4) is 17.2 Å². The van der Waals surface area contributed by atoms with Gasteiger partial charge >= 0.3 is 0 Å². The first kappa shape index (κ1) is 11.1. The minimum atomic E-state index is -0.537. The predicted molar refractivity (Wildman–Crippen MR) is 67.2 cm³/mol.